The lowest BCUT2D eigenvalue weighted by atomic mass is 10.0. The fourth-order valence-electron chi connectivity index (χ4n) is 2.01. The summed E-state index contributed by atoms with van der Waals surface area (Å²) in [5.74, 6) is -3.83. The second kappa shape index (κ2) is 9.27. The molecule has 1 aromatic carbocycles. The molecule has 0 fully saturated rings. The molecule has 0 bridgehead atoms. The molecular formula is C17H21ClO6. The first-order valence-corrected chi connectivity index (χ1v) is 7.99. The van der Waals surface area contributed by atoms with E-state index in [4.69, 9.17) is 25.8 Å². The Morgan fingerprint density at radius 2 is 1.62 bits per heavy atom. The number of ketones is 1. The van der Waals surface area contributed by atoms with Gasteiger partial charge in [0, 0.05) is 5.02 Å². The Hall–Kier alpha value is -2.08. The lowest BCUT2D eigenvalue weighted by Gasteiger charge is -2.19. The zero-order valence-corrected chi connectivity index (χ0v) is 14.9. The highest BCUT2D eigenvalue weighted by atomic mass is 35.5. The third-order valence-corrected chi connectivity index (χ3v) is 3.41. The van der Waals surface area contributed by atoms with E-state index in [9.17, 15) is 14.4 Å². The van der Waals surface area contributed by atoms with E-state index >= 15 is 0 Å². The molecule has 6 nitrogen and oxygen atoms in total. The van der Waals surface area contributed by atoms with E-state index in [2.05, 4.69) is 0 Å². The highest BCUT2D eigenvalue weighted by Gasteiger charge is 2.40. The second-order valence-corrected chi connectivity index (χ2v) is 5.45. The first-order chi connectivity index (χ1) is 11.3. The molecule has 0 saturated carbocycles. The zero-order valence-electron chi connectivity index (χ0n) is 14.1. The van der Waals surface area contributed by atoms with Crippen molar-refractivity contribution in [3.8, 4) is 5.75 Å². The number of esters is 2. The van der Waals surface area contributed by atoms with Gasteiger partial charge in [0.05, 0.1) is 13.2 Å². The molecule has 0 heterocycles. The van der Waals surface area contributed by atoms with E-state index in [0.29, 0.717) is 10.8 Å². The van der Waals surface area contributed by atoms with Crippen LogP contribution in [0.25, 0.3) is 0 Å². The van der Waals surface area contributed by atoms with E-state index in [-0.39, 0.29) is 13.2 Å². The number of halogens is 1. The van der Waals surface area contributed by atoms with E-state index in [1.54, 1.807) is 39.0 Å². The highest BCUT2D eigenvalue weighted by Crippen LogP contribution is 2.23. The first kappa shape index (κ1) is 20.0. The van der Waals surface area contributed by atoms with Crippen molar-refractivity contribution in [1.29, 1.82) is 0 Å². The van der Waals surface area contributed by atoms with Crippen molar-refractivity contribution in [2.24, 2.45) is 5.92 Å². The third-order valence-electron chi connectivity index (χ3n) is 3.17. The van der Waals surface area contributed by atoms with Gasteiger partial charge in [0.15, 0.2) is 11.9 Å². The maximum atomic E-state index is 12.5. The number of carbonyl (C=O) groups excluding carboxylic acids is 3. The molecule has 0 aliphatic heterocycles. The maximum absolute atomic E-state index is 12.5. The summed E-state index contributed by atoms with van der Waals surface area (Å²) in [7, 11) is 0. The maximum Gasteiger partial charge on any atom is 0.328 e. The van der Waals surface area contributed by atoms with Crippen molar-refractivity contribution in [2.45, 2.75) is 33.8 Å². The SMILES string of the molecule is CCOC(=O)C(C(=O)OCC)C(=O)C(C)Oc1ccc(Cl)cc1C. The molecule has 0 radical (unpaired) electrons. The average Bonchev–Trinajstić information content (AvgIpc) is 2.50. The molecule has 1 rings (SSSR count). The number of aryl methyl sites for hydroxylation is 1. The molecule has 0 spiro atoms. The number of ether oxygens (including phenoxy) is 3. The molecule has 132 valence electrons. The molecule has 1 aromatic rings. The number of carbonyl (C=O) groups is 3. The molecule has 1 unspecified atom stereocenters. The van der Waals surface area contributed by atoms with Crippen molar-refractivity contribution in [2.75, 3.05) is 13.2 Å². The fourth-order valence-corrected chi connectivity index (χ4v) is 2.23. The minimum atomic E-state index is -1.66. The summed E-state index contributed by atoms with van der Waals surface area (Å²) >= 11 is 5.87. The van der Waals surface area contributed by atoms with Crippen LogP contribution in [0.15, 0.2) is 18.2 Å². The Bertz CT molecular complexity index is 595. The molecule has 0 amide bonds. The van der Waals surface area contributed by atoms with Gasteiger partial charge in [0.25, 0.3) is 0 Å². The zero-order chi connectivity index (χ0) is 18.3. The summed E-state index contributed by atoms with van der Waals surface area (Å²) in [4.78, 5) is 36.4. The number of benzene rings is 1. The average molecular weight is 357 g/mol. The number of hydrogen-bond acceptors (Lipinski definition) is 6. The molecular weight excluding hydrogens is 336 g/mol. The Morgan fingerprint density at radius 3 is 2.08 bits per heavy atom. The topological polar surface area (TPSA) is 78.9 Å². The van der Waals surface area contributed by atoms with Gasteiger partial charge in [-0.05, 0) is 51.5 Å². The van der Waals surface area contributed by atoms with E-state index in [1.165, 1.54) is 6.92 Å². The van der Waals surface area contributed by atoms with Gasteiger partial charge in [-0.3, -0.25) is 14.4 Å². The summed E-state index contributed by atoms with van der Waals surface area (Å²) in [5.41, 5.74) is 0.728. The molecule has 0 saturated heterocycles. The van der Waals surface area contributed by atoms with Crippen LogP contribution in [0.2, 0.25) is 5.02 Å². The molecule has 24 heavy (non-hydrogen) atoms. The van der Waals surface area contributed by atoms with Crippen LogP contribution in [0.5, 0.6) is 5.75 Å². The minimum Gasteiger partial charge on any atom is -0.483 e. The van der Waals surface area contributed by atoms with Crippen LogP contribution in [0, 0.1) is 12.8 Å². The fraction of sp³-hybridized carbons (Fsp3) is 0.471. The molecule has 1 atom stereocenters. The summed E-state index contributed by atoms with van der Waals surface area (Å²) in [6.45, 7) is 6.50. The van der Waals surface area contributed by atoms with Crippen molar-refractivity contribution < 1.29 is 28.6 Å². The van der Waals surface area contributed by atoms with Gasteiger partial charge in [-0.2, -0.15) is 0 Å². The van der Waals surface area contributed by atoms with Crippen LogP contribution in [-0.2, 0) is 23.9 Å². The standard InChI is InChI=1S/C17H21ClO6/c1-5-22-16(20)14(17(21)23-6-2)15(19)11(4)24-13-8-7-12(18)9-10(13)3/h7-9,11,14H,5-6H2,1-4H3. The quantitative estimate of drug-likeness (QED) is 0.526. The lowest BCUT2D eigenvalue weighted by Crippen LogP contribution is -2.41. The summed E-state index contributed by atoms with van der Waals surface area (Å²) < 4.78 is 15.2. The van der Waals surface area contributed by atoms with Crippen LogP contribution in [0.1, 0.15) is 26.3 Å². The van der Waals surface area contributed by atoms with Gasteiger partial charge in [0.1, 0.15) is 5.75 Å². The lowest BCUT2D eigenvalue weighted by molar-refractivity contribution is -0.165. The molecule has 0 aliphatic rings. The van der Waals surface area contributed by atoms with Crippen molar-refractivity contribution in [3.63, 3.8) is 0 Å². The van der Waals surface area contributed by atoms with E-state index < -0.39 is 29.7 Å². The number of hydrogen-bond donors (Lipinski definition) is 0. The molecule has 0 N–H and O–H groups in total. The number of rotatable bonds is 8. The first-order valence-electron chi connectivity index (χ1n) is 7.61. The molecule has 7 heteroatoms. The van der Waals surface area contributed by atoms with Crippen molar-refractivity contribution in [1.82, 2.24) is 0 Å². The van der Waals surface area contributed by atoms with Gasteiger partial charge in [-0.25, -0.2) is 0 Å². The van der Waals surface area contributed by atoms with Gasteiger partial charge in [0.2, 0.25) is 5.92 Å². The van der Waals surface area contributed by atoms with Gasteiger partial charge in [-0.1, -0.05) is 11.6 Å². The third kappa shape index (κ3) is 5.23. The largest absolute Gasteiger partial charge is 0.483 e. The summed E-state index contributed by atoms with van der Waals surface area (Å²) in [5, 5.41) is 0.537. The van der Waals surface area contributed by atoms with Gasteiger partial charge >= 0.3 is 11.9 Å². The Morgan fingerprint density at radius 1 is 1.08 bits per heavy atom. The Kier molecular flexibility index (Phi) is 7.71. The summed E-state index contributed by atoms with van der Waals surface area (Å²) in [6.07, 6.45) is -1.04. The normalized spacial score (nSPS) is 11.8. The summed E-state index contributed by atoms with van der Waals surface area (Å²) in [6, 6.07) is 4.92. The molecule has 0 aromatic heterocycles. The van der Waals surface area contributed by atoms with E-state index in [1.807, 2.05) is 0 Å². The second-order valence-electron chi connectivity index (χ2n) is 5.01. The smallest absolute Gasteiger partial charge is 0.328 e. The van der Waals surface area contributed by atoms with Gasteiger partial charge in [-0.15, -0.1) is 0 Å². The van der Waals surface area contributed by atoms with Crippen LogP contribution >= 0.6 is 11.6 Å². The van der Waals surface area contributed by atoms with Crippen molar-refractivity contribution >= 4 is 29.3 Å². The van der Waals surface area contributed by atoms with Crippen molar-refractivity contribution in [3.05, 3.63) is 28.8 Å². The van der Waals surface area contributed by atoms with Crippen LogP contribution in [-0.4, -0.2) is 37.0 Å². The Labute approximate surface area is 146 Å². The minimum absolute atomic E-state index is 0.0492. The predicted molar refractivity (Wildman–Crippen MR) is 88.0 cm³/mol. The Balaban J connectivity index is 2.95. The highest BCUT2D eigenvalue weighted by molar-refractivity contribution is 6.30. The van der Waals surface area contributed by atoms with Crippen LogP contribution < -0.4 is 4.74 Å². The van der Waals surface area contributed by atoms with Crippen LogP contribution in [0.3, 0.4) is 0 Å². The predicted octanol–water partition coefficient (Wildman–Crippen LogP) is 2.73. The van der Waals surface area contributed by atoms with Gasteiger partial charge < -0.3 is 14.2 Å². The van der Waals surface area contributed by atoms with Crippen LogP contribution in [0.4, 0.5) is 0 Å². The monoisotopic (exact) mass is 356 g/mol. The molecule has 0 aliphatic carbocycles. The van der Waals surface area contributed by atoms with E-state index in [0.717, 1.165) is 5.56 Å². The number of Topliss-reactive ketones (excluding diaryl/α,β-unsaturated/α-hetero) is 1.